The molecule has 0 aliphatic heterocycles. The summed E-state index contributed by atoms with van der Waals surface area (Å²) in [6.45, 7) is 0. The maximum Gasteiger partial charge on any atom is 0.200 e. The SMILES string of the molecule is Fc1c(F)c(F)c(-c2cc(Cl)ccc2CBr)c(F)c1F. The molecule has 0 bridgehead atoms. The van der Waals surface area contributed by atoms with Crippen molar-refractivity contribution in [2.75, 3.05) is 0 Å². The van der Waals surface area contributed by atoms with E-state index < -0.39 is 34.6 Å². The zero-order chi connectivity index (χ0) is 15.0. The maximum atomic E-state index is 13.8. The number of hydrogen-bond donors (Lipinski definition) is 0. The van der Waals surface area contributed by atoms with E-state index in [0.29, 0.717) is 5.56 Å². The van der Waals surface area contributed by atoms with Crippen LogP contribution in [0, 0.1) is 29.1 Å². The maximum absolute atomic E-state index is 13.8. The fraction of sp³-hybridized carbons (Fsp3) is 0.0769. The largest absolute Gasteiger partial charge is 0.203 e. The first-order valence-corrected chi connectivity index (χ1v) is 6.74. The number of hydrogen-bond acceptors (Lipinski definition) is 0. The average molecular weight is 372 g/mol. The zero-order valence-electron chi connectivity index (χ0n) is 9.58. The van der Waals surface area contributed by atoms with Crippen LogP contribution >= 0.6 is 27.5 Å². The van der Waals surface area contributed by atoms with Crippen LogP contribution < -0.4 is 0 Å². The van der Waals surface area contributed by atoms with E-state index in [1.807, 2.05) is 0 Å². The van der Waals surface area contributed by atoms with Crippen LogP contribution in [0.5, 0.6) is 0 Å². The third kappa shape index (κ3) is 2.42. The summed E-state index contributed by atoms with van der Waals surface area (Å²) in [4.78, 5) is 0. The van der Waals surface area contributed by atoms with E-state index in [-0.39, 0.29) is 15.9 Å². The molecule has 0 fully saturated rings. The fourth-order valence-electron chi connectivity index (χ4n) is 1.74. The molecule has 0 heterocycles. The Labute approximate surface area is 124 Å². The summed E-state index contributed by atoms with van der Waals surface area (Å²) in [7, 11) is 0. The summed E-state index contributed by atoms with van der Waals surface area (Å²) in [5, 5.41) is 0.285. The summed E-state index contributed by atoms with van der Waals surface area (Å²) in [6.07, 6.45) is 0. The van der Waals surface area contributed by atoms with Crippen LogP contribution in [0.15, 0.2) is 18.2 Å². The number of rotatable bonds is 2. The van der Waals surface area contributed by atoms with Gasteiger partial charge in [-0.05, 0) is 23.3 Å². The second-order valence-corrected chi connectivity index (χ2v) is 4.88. The molecule has 2 aromatic rings. The zero-order valence-corrected chi connectivity index (χ0v) is 11.9. The van der Waals surface area contributed by atoms with Crippen molar-refractivity contribution < 1.29 is 22.0 Å². The molecule has 0 aromatic heterocycles. The van der Waals surface area contributed by atoms with Crippen molar-refractivity contribution >= 4 is 27.5 Å². The summed E-state index contributed by atoms with van der Waals surface area (Å²) in [5.41, 5.74) is -0.793. The molecule has 2 rings (SSSR count). The van der Waals surface area contributed by atoms with Gasteiger partial charge in [0.2, 0.25) is 5.82 Å². The van der Waals surface area contributed by atoms with Crippen molar-refractivity contribution in [3.8, 4) is 11.1 Å². The van der Waals surface area contributed by atoms with E-state index in [4.69, 9.17) is 11.6 Å². The van der Waals surface area contributed by atoms with Gasteiger partial charge in [-0.1, -0.05) is 33.6 Å². The molecule has 0 aliphatic rings. The molecule has 0 saturated carbocycles. The van der Waals surface area contributed by atoms with Gasteiger partial charge in [0.1, 0.15) is 0 Å². The minimum Gasteiger partial charge on any atom is -0.203 e. The van der Waals surface area contributed by atoms with Gasteiger partial charge in [0.05, 0.1) is 5.56 Å². The Bertz CT molecular complexity index is 658. The molecule has 0 saturated heterocycles. The fourth-order valence-corrected chi connectivity index (χ4v) is 2.40. The smallest absolute Gasteiger partial charge is 0.200 e. The van der Waals surface area contributed by atoms with Gasteiger partial charge in [-0.25, -0.2) is 22.0 Å². The van der Waals surface area contributed by atoms with Crippen molar-refractivity contribution in [1.82, 2.24) is 0 Å². The summed E-state index contributed by atoms with van der Waals surface area (Å²) in [6, 6.07) is 4.04. The van der Waals surface area contributed by atoms with Crippen molar-refractivity contribution in [1.29, 1.82) is 0 Å². The Morgan fingerprint density at radius 3 is 1.85 bits per heavy atom. The lowest BCUT2D eigenvalue weighted by atomic mass is 9.99. The van der Waals surface area contributed by atoms with Gasteiger partial charge >= 0.3 is 0 Å². The van der Waals surface area contributed by atoms with Gasteiger partial charge < -0.3 is 0 Å². The van der Waals surface area contributed by atoms with E-state index in [9.17, 15) is 22.0 Å². The quantitative estimate of drug-likeness (QED) is 0.279. The van der Waals surface area contributed by atoms with Crippen LogP contribution in [-0.4, -0.2) is 0 Å². The highest BCUT2D eigenvalue weighted by molar-refractivity contribution is 9.08. The minimum absolute atomic E-state index is 0.119. The second-order valence-electron chi connectivity index (χ2n) is 3.88. The number of benzene rings is 2. The van der Waals surface area contributed by atoms with Crippen LogP contribution in [0.2, 0.25) is 5.02 Å². The molecule has 0 radical (unpaired) electrons. The van der Waals surface area contributed by atoms with E-state index >= 15 is 0 Å². The van der Waals surface area contributed by atoms with Crippen LogP contribution in [0.1, 0.15) is 5.56 Å². The van der Waals surface area contributed by atoms with E-state index in [2.05, 4.69) is 15.9 Å². The standard InChI is InChI=1S/C13H5BrClF5/c14-4-5-1-2-6(15)3-7(5)8-9(16)11(18)13(20)12(19)10(8)17/h1-3H,4H2. The van der Waals surface area contributed by atoms with Gasteiger partial charge in [0.15, 0.2) is 23.3 Å². The van der Waals surface area contributed by atoms with E-state index in [1.165, 1.54) is 12.1 Å². The molecule has 0 spiro atoms. The lowest BCUT2D eigenvalue weighted by molar-refractivity contribution is 0.381. The third-order valence-corrected chi connectivity index (χ3v) is 3.53. The van der Waals surface area contributed by atoms with Gasteiger partial charge in [-0.3, -0.25) is 0 Å². The molecule has 0 atom stereocenters. The van der Waals surface area contributed by atoms with Crippen LogP contribution in [0.25, 0.3) is 11.1 Å². The first kappa shape index (κ1) is 15.3. The van der Waals surface area contributed by atoms with Gasteiger partial charge in [0.25, 0.3) is 0 Å². The highest BCUT2D eigenvalue weighted by Gasteiger charge is 2.27. The predicted molar refractivity (Wildman–Crippen MR) is 69.3 cm³/mol. The van der Waals surface area contributed by atoms with E-state index in [1.54, 1.807) is 0 Å². The Hall–Kier alpha value is -1.14. The monoisotopic (exact) mass is 370 g/mol. The molecule has 106 valence electrons. The van der Waals surface area contributed by atoms with Crippen LogP contribution in [0.4, 0.5) is 22.0 Å². The molecule has 2 aromatic carbocycles. The molecule has 0 unspecified atom stereocenters. The lowest BCUT2D eigenvalue weighted by Crippen LogP contribution is -2.05. The Kier molecular flexibility index (Phi) is 4.34. The normalized spacial score (nSPS) is 10.9. The number of alkyl halides is 1. The highest BCUT2D eigenvalue weighted by Crippen LogP contribution is 2.35. The molecule has 7 heteroatoms. The molecular weight excluding hydrogens is 366 g/mol. The summed E-state index contributed by atoms with van der Waals surface area (Å²) < 4.78 is 67.0. The second kappa shape index (κ2) is 5.69. The molecule has 0 N–H and O–H groups in total. The summed E-state index contributed by atoms with van der Waals surface area (Å²) >= 11 is 8.80. The topological polar surface area (TPSA) is 0 Å². The van der Waals surface area contributed by atoms with Gasteiger partial charge in [0, 0.05) is 10.4 Å². The Morgan fingerprint density at radius 1 is 0.850 bits per heavy atom. The van der Waals surface area contributed by atoms with Crippen molar-refractivity contribution in [2.45, 2.75) is 5.33 Å². The molecule has 0 nitrogen and oxygen atoms in total. The third-order valence-electron chi connectivity index (χ3n) is 2.70. The molecule has 0 aliphatic carbocycles. The van der Waals surface area contributed by atoms with Gasteiger partial charge in [-0.2, -0.15) is 0 Å². The molecule has 20 heavy (non-hydrogen) atoms. The Morgan fingerprint density at radius 2 is 1.35 bits per heavy atom. The summed E-state index contributed by atoms with van der Waals surface area (Å²) in [5.74, 6) is -9.93. The highest BCUT2D eigenvalue weighted by atomic mass is 79.9. The van der Waals surface area contributed by atoms with Crippen LogP contribution in [-0.2, 0) is 5.33 Å². The van der Waals surface area contributed by atoms with Crippen molar-refractivity contribution in [3.63, 3.8) is 0 Å². The van der Waals surface area contributed by atoms with Crippen molar-refractivity contribution in [3.05, 3.63) is 57.9 Å². The van der Waals surface area contributed by atoms with Crippen LogP contribution in [0.3, 0.4) is 0 Å². The first-order valence-electron chi connectivity index (χ1n) is 5.24. The minimum atomic E-state index is -2.19. The average Bonchev–Trinajstić information content (AvgIpc) is 2.43. The van der Waals surface area contributed by atoms with Crippen molar-refractivity contribution in [2.24, 2.45) is 0 Å². The van der Waals surface area contributed by atoms with E-state index in [0.717, 1.165) is 6.07 Å². The Balaban J connectivity index is 2.86. The number of halogens is 7. The molecule has 0 amide bonds. The first-order chi connectivity index (χ1) is 9.38. The predicted octanol–water partition coefficient (Wildman–Crippen LogP) is 5.60. The van der Waals surface area contributed by atoms with Gasteiger partial charge in [-0.15, -0.1) is 0 Å². The lowest BCUT2D eigenvalue weighted by Gasteiger charge is -2.12. The molecular formula is C13H5BrClF5.